The van der Waals surface area contributed by atoms with E-state index >= 15 is 0 Å². The van der Waals surface area contributed by atoms with Crippen LogP contribution in [-0.2, 0) is 19.0 Å². The molecule has 1 aliphatic rings. The molecule has 0 aromatic heterocycles. The molecule has 0 amide bonds. The second kappa shape index (κ2) is 35.5. The molecule has 0 atom stereocenters. The van der Waals surface area contributed by atoms with Gasteiger partial charge in [0.1, 0.15) is 11.5 Å². The molecule has 0 aliphatic carbocycles. The number of phenolic OH excluding ortho intramolecular Hbond substituents is 1. The maximum Gasteiger partial charge on any atom is 0.296 e. The molecule has 0 radical (unpaired) electrons. The summed E-state index contributed by atoms with van der Waals surface area (Å²) in [5, 5.41) is 8.75. The summed E-state index contributed by atoms with van der Waals surface area (Å²) in [5.74, 6) is 3.71. The fourth-order valence-electron chi connectivity index (χ4n) is 6.26. The van der Waals surface area contributed by atoms with Crippen LogP contribution in [0.3, 0.4) is 0 Å². The van der Waals surface area contributed by atoms with Gasteiger partial charge in [-0.05, 0) is 137 Å². The molecule has 4 aromatic rings. The molecule has 4 aromatic carbocycles. The van der Waals surface area contributed by atoms with Gasteiger partial charge in [-0.3, -0.25) is 4.18 Å². The molecule has 1 saturated heterocycles. The van der Waals surface area contributed by atoms with E-state index in [-0.39, 0.29) is 17.4 Å². The predicted octanol–water partition coefficient (Wildman–Crippen LogP) is 15.3. The van der Waals surface area contributed by atoms with Crippen molar-refractivity contribution in [3.63, 3.8) is 0 Å². The van der Waals surface area contributed by atoms with Crippen molar-refractivity contribution in [2.75, 3.05) is 33.0 Å². The maximum absolute atomic E-state index is 11.6. The molecular weight excluding hydrogens is 1150 g/mol. The van der Waals surface area contributed by atoms with Crippen LogP contribution in [-0.4, -0.2) is 64.9 Å². The third-order valence-corrected chi connectivity index (χ3v) is 28.4. The summed E-state index contributed by atoms with van der Waals surface area (Å²) in [6, 6.07) is 31.2. The Hall–Kier alpha value is -1.59. The smallest absolute Gasteiger partial charge is 0.296 e. The quantitative estimate of drug-likeness (QED) is 0.0535. The summed E-state index contributed by atoms with van der Waals surface area (Å²) in [5.41, 5.74) is 1.03. The first-order valence-corrected chi connectivity index (χ1v) is 34.6. The molecule has 0 unspecified atom stereocenters. The first-order valence-electron chi connectivity index (χ1n) is 23.6. The molecule has 11 heteroatoms. The van der Waals surface area contributed by atoms with E-state index in [1.807, 2.05) is 45.0 Å². The SMILES string of the molecule is C1CCOC1.CC(C)COc1ccc(I)cc1.CCC[CH2][Sn]([CH2]CCC)([CH2]CCC)[c]1ccc(OCC(C)C)cc1.Cc1ccc(S(=O)(=O)OCC(C)C)cc1.Oc1ccc(I)cc1. The predicted molar refractivity (Wildman–Crippen MR) is 291 cm³/mol. The standard InChI is InChI=1S/C11H16O3S.C10H13IO.C10H13O.C6H5IO.C4H8O.3C4H9.Sn/c1-9(2)8-14-15(12,13)11-6-4-10(3)5-7-11;1-8(2)7-12-10-5-3-9(11)4-6-10;1-9(2)8-11-10-6-4-3-5-7-10;7-5-1-3-6(8)4-2-5;1-2-4-5-3-1;3*1-3-4-2;/h4-7,9H,8H2,1-3H3;3-6,8H,7H2,1-2H3;4-7,9H,8H2,1-2H3;1-4,8H;1-4H2;3*1,3-4H2,2H3;. The Balaban J connectivity index is 0.000000437. The van der Waals surface area contributed by atoms with Crippen LogP contribution in [0.4, 0.5) is 0 Å². The van der Waals surface area contributed by atoms with E-state index in [0.29, 0.717) is 17.6 Å². The first-order chi connectivity index (χ1) is 30.5. The van der Waals surface area contributed by atoms with Gasteiger partial charge in [0.05, 0.1) is 18.1 Å². The van der Waals surface area contributed by atoms with E-state index in [1.165, 1.54) is 68.2 Å². The van der Waals surface area contributed by atoms with Crippen LogP contribution >= 0.6 is 45.2 Å². The number of rotatable bonds is 20. The van der Waals surface area contributed by atoms with Crippen molar-refractivity contribution in [1.29, 1.82) is 0 Å². The maximum atomic E-state index is 11.6. The minimum atomic E-state index is -3.57. The van der Waals surface area contributed by atoms with Crippen molar-refractivity contribution in [2.24, 2.45) is 17.8 Å². The molecule has 64 heavy (non-hydrogen) atoms. The van der Waals surface area contributed by atoms with Gasteiger partial charge in [0.15, 0.2) is 0 Å². The number of hydrogen-bond donors (Lipinski definition) is 1. The van der Waals surface area contributed by atoms with E-state index in [1.54, 1.807) is 40.0 Å². The number of ether oxygens (including phenoxy) is 3. The Morgan fingerprint density at radius 2 is 0.984 bits per heavy atom. The fourth-order valence-corrected chi connectivity index (χ4v) is 24.0. The largest absolute Gasteiger partial charge is 0.508 e. The van der Waals surface area contributed by atoms with Gasteiger partial charge < -0.3 is 14.6 Å². The summed E-state index contributed by atoms with van der Waals surface area (Å²) >= 11 is 2.22. The van der Waals surface area contributed by atoms with Crippen molar-refractivity contribution in [3.05, 3.63) is 110 Å². The van der Waals surface area contributed by atoms with Gasteiger partial charge >= 0.3 is 156 Å². The second-order valence-corrected chi connectivity index (χ2v) is 35.1. The van der Waals surface area contributed by atoms with Gasteiger partial charge in [0.2, 0.25) is 0 Å². The molecule has 7 nitrogen and oxygen atoms in total. The third kappa shape index (κ3) is 28.6. The molecule has 1 aliphatic heterocycles. The number of aryl methyl sites for hydroxylation is 1. The monoisotopic (exact) mass is 1240 g/mol. The van der Waals surface area contributed by atoms with Crippen LogP contribution in [0, 0.1) is 31.8 Å². The summed E-state index contributed by atoms with van der Waals surface area (Å²) in [6.07, 6.45) is 10.9. The van der Waals surface area contributed by atoms with E-state index in [0.717, 1.165) is 47.1 Å². The summed E-state index contributed by atoms with van der Waals surface area (Å²) in [6.45, 7) is 25.3. The van der Waals surface area contributed by atoms with Crippen molar-refractivity contribution in [3.8, 4) is 17.2 Å². The number of unbranched alkanes of at least 4 members (excludes halogenated alkanes) is 3. The van der Waals surface area contributed by atoms with Crippen LogP contribution in [0.5, 0.6) is 17.2 Å². The number of hydrogen-bond acceptors (Lipinski definition) is 7. The van der Waals surface area contributed by atoms with Gasteiger partial charge in [-0.1, -0.05) is 45.4 Å². The van der Waals surface area contributed by atoms with Crippen LogP contribution in [0.2, 0.25) is 13.3 Å². The Morgan fingerprint density at radius 3 is 1.33 bits per heavy atom. The Morgan fingerprint density at radius 1 is 0.594 bits per heavy atom. The average molecular weight is 1240 g/mol. The summed E-state index contributed by atoms with van der Waals surface area (Å²) < 4.78 is 53.2. The van der Waals surface area contributed by atoms with E-state index in [4.69, 9.17) is 23.5 Å². The molecule has 0 bridgehead atoms. The van der Waals surface area contributed by atoms with Crippen molar-refractivity contribution >= 4 is 77.3 Å². The zero-order valence-corrected chi connectivity index (χ0v) is 48.8. The Labute approximate surface area is 421 Å². The molecule has 360 valence electrons. The van der Waals surface area contributed by atoms with E-state index in [9.17, 15) is 8.42 Å². The van der Waals surface area contributed by atoms with Crippen molar-refractivity contribution in [1.82, 2.24) is 0 Å². The summed E-state index contributed by atoms with van der Waals surface area (Å²) in [7, 11) is -3.57. The zero-order chi connectivity index (χ0) is 47.8. The number of benzene rings is 4. The molecular formula is C53H82I2O7SSn. The van der Waals surface area contributed by atoms with Crippen molar-refractivity contribution < 1.29 is 31.9 Å². The minimum Gasteiger partial charge on any atom is -0.508 e. The van der Waals surface area contributed by atoms with Crippen LogP contribution in [0.25, 0.3) is 0 Å². The zero-order valence-electron chi connectivity index (χ0n) is 40.8. The molecule has 1 N–H and O–H groups in total. The topological polar surface area (TPSA) is 91.3 Å². The fraction of sp³-hybridized carbons (Fsp3) is 0.547. The van der Waals surface area contributed by atoms with Gasteiger partial charge in [-0.15, -0.1) is 0 Å². The van der Waals surface area contributed by atoms with E-state index in [2.05, 4.69) is 130 Å². The van der Waals surface area contributed by atoms with Crippen LogP contribution in [0.15, 0.2) is 102 Å². The van der Waals surface area contributed by atoms with Crippen LogP contribution in [0.1, 0.15) is 119 Å². The number of aromatic hydroxyl groups is 1. The van der Waals surface area contributed by atoms with Crippen molar-refractivity contribution in [2.45, 2.75) is 139 Å². The number of phenols is 1. The molecule has 1 heterocycles. The van der Waals surface area contributed by atoms with Crippen LogP contribution < -0.4 is 13.1 Å². The minimum absolute atomic E-state index is 0.199. The van der Waals surface area contributed by atoms with Gasteiger partial charge in [-0.25, -0.2) is 0 Å². The van der Waals surface area contributed by atoms with Gasteiger partial charge in [0, 0.05) is 20.4 Å². The normalized spacial score (nSPS) is 12.2. The number of halogens is 2. The molecule has 1 fully saturated rings. The molecule has 0 spiro atoms. The first kappa shape index (κ1) is 60.4. The second-order valence-electron chi connectivity index (χ2n) is 17.7. The van der Waals surface area contributed by atoms with Gasteiger partial charge in [0.25, 0.3) is 10.1 Å². The average Bonchev–Trinajstić information content (AvgIpc) is 3.88. The molecule has 0 saturated carbocycles. The Kier molecular flexibility index (Phi) is 33.6. The van der Waals surface area contributed by atoms with E-state index < -0.39 is 28.5 Å². The third-order valence-electron chi connectivity index (χ3n) is 9.99. The summed E-state index contributed by atoms with van der Waals surface area (Å²) in [4.78, 5) is 0.216. The Bertz CT molecular complexity index is 1780. The molecule has 5 rings (SSSR count). The van der Waals surface area contributed by atoms with Gasteiger partial charge in [-0.2, -0.15) is 8.42 Å².